The Morgan fingerprint density at radius 3 is 2.28 bits per heavy atom. The number of carbonyl (C=O) groups excluding carboxylic acids is 1. The highest BCUT2D eigenvalue weighted by atomic mass is 35.5. The monoisotopic (exact) mass is 428 g/mol. The van der Waals surface area contributed by atoms with Gasteiger partial charge in [-0.05, 0) is 37.1 Å². The second-order valence-electron chi connectivity index (χ2n) is 7.20. The van der Waals surface area contributed by atoms with Gasteiger partial charge < -0.3 is 4.90 Å². The fourth-order valence-corrected chi connectivity index (χ4v) is 3.64. The van der Waals surface area contributed by atoms with Crippen molar-refractivity contribution in [1.29, 1.82) is 0 Å². The maximum Gasteiger partial charge on any atom is 0.254 e. The van der Waals surface area contributed by atoms with Crippen molar-refractivity contribution < 1.29 is 4.79 Å². The first kappa shape index (κ1) is 21.6. The molecule has 0 bridgehead atoms. The fraction of sp³-hybridized carbons (Fsp3) is 0.333. The van der Waals surface area contributed by atoms with Crippen LogP contribution in [0.5, 0.6) is 0 Å². The Morgan fingerprint density at radius 2 is 1.62 bits per heavy atom. The molecule has 0 saturated heterocycles. The molecular weight excluding hydrogens is 403 g/mol. The maximum atomic E-state index is 13.5. The van der Waals surface area contributed by atoms with E-state index < -0.39 is 0 Å². The van der Waals surface area contributed by atoms with Gasteiger partial charge in [-0.25, -0.2) is 4.98 Å². The summed E-state index contributed by atoms with van der Waals surface area (Å²) in [5, 5.41) is 1.84. The molecule has 1 heterocycles. The minimum atomic E-state index is 0.0619. The van der Waals surface area contributed by atoms with E-state index in [0.29, 0.717) is 15.6 Å². The normalized spacial score (nSPS) is 11.0. The number of hydrogen-bond donors (Lipinski definition) is 0. The lowest BCUT2D eigenvalue weighted by atomic mass is 10.0. The summed E-state index contributed by atoms with van der Waals surface area (Å²) in [6.45, 7) is 5.83. The van der Waals surface area contributed by atoms with Gasteiger partial charge in [0.25, 0.3) is 5.91 Å². The highest BCUT2D eigenvalue weighted by Crippen LogP contribution is 2.30. The maximum absolute atomic E-state index is 13.5. The van der Waals surface area contributed by atoms with Crippen LogP contribution >= 0.6 is 23.2 Å². The van der Waals surface area contributed by atoms with Crippen LogP contribution in [0.25, 0.3) is 22.2 Å². The van der Waals surface area contributed by atoms with E-state index in [9.17, 15) is 4.79 Å². The van der Waals surface area contributed by atoms with Crippen LogP contribution in [0.4, 0.5) is 0 Å². The molecule has 152 valence electrons. The quantitative estimate of drug-likeness (QED) is 0.378. The van der Waals surface area contributed by atoms with E-state index in [1.165, 1.54) is 0 Å². The molecule has 1 amide bonds. The summed E-state index contributed by atoms with van der Waals surface area (Å²) in [5.41, 5.74) is 3.04. The molecule has 29 heavy (non-hydrogen) atoms. The molecule has 0 aliphatic rings. The van der Waals surface area contributed by atoms with Gasteiger partial charge in [-0.3, -0.25) is 4.79 Å². The third-order valence-electron chi connectivity index (χ3n) is 5.01. The first-order chi connectivity index (χ1) is 14.0. The van der Waals surface area contributed by atoms with Crippen LogP contribution in [-0.2, 0) is 0 Å². The smallest absolute Gasteiger partial charge is 0.254 e. The lowest BCUT2D eigenvalue weighted by molar-refractivity contribution is 0.0753. The molecule has 3 aromatic rings. The largest absolute Gasteiger partial charge is 0.339 e. The van der Waals surface area contributed by atoms with Crippen molar-refractivity contribution in [3.05, 3.63) is 64.1 Å². The summed E-state index contributed by atoms with van der Waals surface area (Å²) < 4.78 is 0. The Morgan fingerprint density at radius 1 is 0.931 bits per heavy atom. The first-order valence-corrected chi connectivity index (χ1v) is 10.9. The van der Waals surface area contributed by atoms with Crippen LogP contribution in [0, 0.1) is 0 Å². The van der Waals surface area contributed by atoms with E-state index in [-0.39, 0.29) is 5.91 Å². The number of halogens is 2. The highest BCUT2D eigenvalue weighted by molar-refractivity contribution is 6.42. The summed E-state index contributed by atoms with van der Waals surface area (Å²) >= 11 is 12.3. The predicted molar refractivity (Wildman–Crippen MR) is 123 cm³/mol. The molecule has 0 aliphatic heterocycles. The van der Waals surface area contributed by atoms with Crippen LogP contribution in [0.3, 0.4) is 0 Å². The molecule has 3 nitrogen and oxygen atoms in total. The minimum absolute atomic E-state index is 0.0619. The number of rotatable bonds is 8. The summed E-state index contributed by atoms with van der Waals surface area (Å²) in [6, 6.07) is 15.1. The van der Waals surface area contributed by atoms with Gasteiger partial charge in [0, 0.05) is 24.0 Å². The molecule has 0 N–H and O–H groups in total. The van der Waals surface area contributed by atoms with Gasteiger partial charge in [-0.2, -0.15) is 0 Å². The number of hydrogen-bond acceptors (Lipinski definition) is 2. The van der Waals surface area contributed by atoms with Gasteiger partial charge in [0.2, 0.25) is 0 Å². The van der Waals surface area contributed by atoms with E-state index in [2.05, 4.69) is 13.8 Å². The number of nitrogens with zero attached hydrogens (tertiary/aromatic N) is 2. The topological polar surface area (TPSA) is 33.2 Å². The number of amides is 1. The zero-order valence-electron chi connectivity index (χ0n) is 16.9. The molecular formula is C24H26Cl2N2O. The number of benzene rings is 2. The molecule has 5 heteroatoms. The van der Waals surface area contributed by atoms with Gasteiger partial charge in [0.05, 0.1) is 26.8 Å². The van der Waals surface area contributed by atoms with E-state index >= 15 is 0 Å². The summed E-state index contributed by atoms with van der Waals surface area (Å²) in [4.78, 5) is 20.3. The van der Waals surface area contributed by atoms with Crippen molar-refractivity contribution in [2.24, 2.45) is 0 Å². The second-order valence-corrected chi connectivity index (χ2v) is 8.01. The number of para-hydroxylation sites is 1. The van der Waals surface area contributed by atoms with Crippen molar-refractivity contribution in [2.75, 3.05) is 13.1 Å². The van der Waals surface area contributed by atoms with E-state index in [0.717, 1.165) is 60.9 Å². The molecule has 0 saturated carbocycles. The van der Waals surface area contributed by atoms with Crippen LogP contribution in [-0.4, -0.2) is 28.9 Å². The molecule has 0 atom stereocenters. The van der Waals surface area contributed by atoms with Gasteiger partial charge in [-0.15, -0.1) is 0 Å². The Labute approximate surface area is 182 Å². The first-order valence-electron chi connectivity index (χ1n) is 10.2. The van der Waals surface area contributed by atoms with Crippen LogP contribution in [0.15, 0.2) is 48.5 Å². The van der Waals surface area contributed by atoms with Crippen LogP contribution in [0.1, 0.15) is 49.9 Å². The zero-order chi connectivity index (χ0) is 20.8. The number of fused-ring (bicyclic) bond motifs is 1. The zero-order valence-corrected chi connectivity index (χ0v) is 18.4. The number of unbranched alkanes of at least 4 members (excludes halogenated alkanes) is 2. The Bertz CT molecular complexity index is 995. The lowest BCUT2D eigenvalue weighted by Crippen LogP contribution is -2.33. The summed E-state index contributed by atoms with van der Waals surface area (Å²) in [6.07, 6.45) is 4.11. The van der Waals surface area contributed by atoms with Gasteiger partial charge >= 0.3 is 0 Å². The SMILES string of the molecule is CCCCN(CCCC)C(=O)c1cc(-c2ccc(Cl)c(Cl)c2)nc2ccccc12. The number of aromatic nitrogens is 1. The van der Waals surface area contributed by atoms with Crippen molar-refractivity contribution in [1.82, 2.24) is 9.88 Å². The molecule has 0 aliphatic carbocycles. The molecule has 0 spiro atoms. The molecule has 3 rings (SSSR count). The molecule has 0 radical (unpaired) electrons. The van der Waals surface area contributed by atoms with Crippen molar-refractivity contribution in [3.8, 4) is 11.3 Å². The third-order valence-corrected chi connectivity index (χ3v) is 5.75. The van der Waals surface area contributed by atoms with E-state index in [1.54, 1.807) is 12.1 Å². The standard InChI is InChI=1S/C24H26Cl2N2O/c1-3-5-13-28(14-6-4-2)24(29)19-16-23(17-11-12-20(25)21(26)15-17)27-22-10-8-7-9-18(19)22/h7-12,15-16H,3-6,13-14H2,1-2H3. The summed E-state index contributed by atoms with van der Waals surface area (Å²) in [5.74, 6) is 0.0619. The van der Waals surface area contributed by atoms with E-state index in [1.807, 2.05) is 41.3 Å². The number of pyridine rings is 1. The number of carbonyl (C=O) groups is 1. The average molecular weight is 429 g/mol. The average Bonchev–Trinajstić information content (AvgIpc) is 2.74. The lowest BCUT2D eigenvalue weighted by Gasteiger charge is -2.23. The Balaban J connectivity index is 2.09. The van der Waals surface area contributed by atoms with Crippen molar-refractivity contribution in [3.63, 3.8) is 0 Å². The summed E-state index contributed by atoms with van der Waals surface area (Å²) in [7, 11) is 0. The van der Waals surface area contributed by atoms with Gasteiger partial charge in [0.15, 0.2) is 0 Å². The van der Waals surface area contributed by atoms with Gasteiger partial charge in [0.1, 0.15) is 0 Å². The third kappa shape index (κ3) is 5.09. The van der Waals surface area contributed by atoms with Crippen molar-refractivity contribution >= 4 is 40.0 Å². The van der Waals surface area contributed by atoms with Gasteiger partial charge in [-0.1, -0.05) is 74.2 Å². The molecule has 2 aromatic carbocycles. The fourth-order valence-electron chi connectivity index (χ4n) is 3.34. The highest BCUT2D eigenvalue weighted by Gasteiger charge is 2.19. The molecule has 0 fully saturated rings. The predicted octanol–water partition coefficient (Wildman–Crippen LogP) is 7.25. The second kappa shape index (κ2) is 10.1. The Kier molecular flexibility index (Phi) is 7.51. The van der Waals surface area contributed by atoms with Crippen molar-refractivity contribution in [2.45, 2.75) is 39.5 Å². The van der Waals surface area contributed by atoms with Crippen LogP contribution < -0.4 is 0 Å². The molecule has 1 aromatic heterocycles. The van der Waals surface area contributed by atoms with E-state index in [4.69, 9.17) is 28.2 Å². The minimum Gasteiger partial charge on any atom is -0.339 e. The Hall–Kier alpha value is -2.10. The molecule has 0 unspecified atom stereocenters. The van der Waals surface area contributed by atoms with Crippen LogP contribution in [0.2, 0.25) is 10.0 Å².